The molecule has 0 atom stereocenters. The molecule has 6 heteroatoms. The summed E-state index contributed by atoms with van der Waals surface area (Å²) in [5.74, 6) is 0.316. The average molecular weight is 386 g/mol. The summed E-state index contributed by atoms with van der Waals surface area (Å²) < 4.78 is 7.63. The number of fused-ring (bicyclic) bond motifs is 1. The van der Waals surface area contributed by atoms with Gasteiger partial charge in [0.05, 0.1) is 5.69 Å². The van der Waals surface area contributed by atoms with E-state index in [0.29, 0.717) is 17.1 Å². The van der Waals surface area contributed by atoms with Gasteiger partial charge in [-0.15, -0.1) is 0 Å². The van der Waals surface area contributed by atoms with E-state index in [4.69, 9.17) is 10.5 Å². The quantitative estimate of drug-likeness (QED) is 0.503. The Hall–Kier alpha value is -3.80. The van der Waals surface area contributed by atoms with Gasteiger partial charge in [-0.2, -0.15) is 0 Å². The Morgan fingerprint density at radius 2 is 1.97 bits per heavy atom. The fourth-order valence-corrected chi connectivity index (χ4v) is 3.10. The van der Waals surface area contributed by atoms with Gasteiger partial charge < -0.3 is 20.2 Å². The van der Waals surface area contributed by atoms with Crippen molar-refractivity contribution in [2.75, 3.05) is 17.7 Å². The third-order valence-corrected chi connectivity index (χ3v) is 4.78. The van der Waals surface area contributed by atoms with Crippen molar-refractivity contribution in [1.82, 2.24) is 9.38 Å². The number of benzene rings is 2. The highest BCUT2D eigenvalue weighted by Crippen LogP contribution is 2.25. The summed E-state index contributed by atoms with van der Waals surface area (Å²) in [6.07, 6.45) is 3.80. The molecule has 0 saturated carbocycles. The monoisotopic (exact) mass is 386 g/mol. The molecule has 0 aliphatic carbocycles. The first-order chi connectivity index (χ1) is 14.0. The average Bonchev–Trinajstić information content (AvgIpc) is 3.14. The molecule has 2 heterocycles. The third kappa shape index (κ3) is 4.06. The number of imidazole rings is 1. The van der Waals surface area contributed by atoms with Crippen LogP contribution in [0.2, 0.25) is 0 Å². The summed E-state index contributed by atoms with van der Waals surface area (Å²) in [5.41, 5.74) is 12.0. The van der Waals surface area contributed by atoms with E-state index in [2.05, 4.69) is 10.3 Å². The molecule has 0 spiro atoms. The zero-order chi connectivity index (χ0) is 20.4. The van der Waals surface area contributed by atoms with Crippen molar-refractivity contribution in [1.29, 1.82) is 0 Å². The van der Waals surface area contributed by atoms with Crippen LogP contribution in [0.1, 0.15) is 11.1 Å². The topological polar surface area (TPSA) is 81.6 Å². The van der Waals surface area contributed by atoms with Gasteiger partial charge in [-0.3, -0.25) is 4.79 Å². The van der Waals surface area contributed by atoms with Crippen LogP contribution >= 0.6 is 0 Å². The maximum atomic E-state index is 12.3. The normalized spacial score (nSPS) is 10.8. The second kappa shape index (κ2) is 7.67. The zero-order valence-electron chi connectivity index (χ0n) is 16.3. The van der Waals surface area contributed by atoms with Crippen molar-refractivity contribution < 1.29 is 9.53 Å². The predicted octanol–water partition coefficient (Wildman–Crippen LogP) is 4.22. The number of rotatable bonds is 5. The number of pyridine rings is 1. The molecular formula is C23H22N4O2. The first kappa shape index (κ1) is 18.6. The molecule has 0 aliphatic heterocycles. The number of amides is 1. The molecule has 0 radical (unpaired) electrons. The number of hydrogen-bond donors (Lipinski definition) is 2. The molecule has 2 aromatic heterocycles. The van der Waals surface area contributed by atoms with Crippen molar-refractivity contribution in [3.05, 3.63) is 78.1 Å². The fraction of sp³-hybridized carbons (Fsp3) is 0.130. The molecule has 29 heavy (non-hydrogen) atoms. The molecule has 3 N–H and O–H groups in total. The fourth-order valence-electron chi connectivity index (χ4n) is 3.10. The highest BCUT2D eigenvalue weighted by atomic mass is 16.5. The van der Waals surface area contributed by atoms with Gasteiger partial charge in [-0.25, -0.2) is 4.98 Å². The second-order valence-corrected chi connectivity index (χ2v) is 6.99. The highest BCUT2D eigenvalue weighted by Gasteiger charge is 2.11. The van der Waals surface area contributed by atoms with Gasteiger partial charge in [0.15, 0.2) is 18.0 Å². The number of ether oxygens (including phenoxy) is 1. The predicted molar refractivity (Wildman–Crippen MR) is 115 cm³/mol. The molecule has 0 fully saturated rings. The van der Waals surface area contributed by atoms with Crippen molar-refractivity contribution in [2.45, 2.75) is 13.8 Å². The molecule has 0 aliphatic rings. The first-order valence-electron chi connectivity index (χ1n) is 9.33. The number of nitrogens with zero attached hydrogens (tertiary/aromatic N) is 2. The number of carbonyl (C=O) groups is 1. The van der Waals surface area contributed by atoms with Gasteiger partial charge in [-0.05, 0) is 61.4 Å². The molecule has 6 nitrogen and oxygen atoms in total. The molecule has 0 saturated heterocycles. The molecule has 2 aromatic carbocycles. The Kier molecular flexibility index (Phi) is 4.91. The SMILES string of the molecule is Cc1ccc(NC(=O)COc2cccn3cc(-c4cccc(N)c4)nc23)cc1C. The van der Waals surface area contributed by atoms with Crippen molar-refractivity contribution in [3.8, 4) is 17.0 Å². The van der Waals surface area contributed by atoms with Gasteiger partial charge in [0.2, 0.25) is 0 Å². The van der Waals surface area contributed by atoms with Gasteiger partial charge in [0, 0.05) is 29.3 Å². The summed E-state index contributed by atoms with van der Waals surface area (Å²) in [7, 11) is 0. The number of aryl methyl sites for hydroxylation is 2. The lowest BCUT2D eigenvalue weighted by Gasteiger charge is -2.09. The minimum absolute atomic E-state index is 0.104. The van der Waals surface area contributed by atoms with E-state index >= 15 is 0 Å². The van der Waals surface area contributed by atoms with Crippen LogP contribution in [0.5, 0.6) is 5.75 Å². The van der Waals surface area contributed by atoms with Gasteiger partial charge in [-0.1, -0.05) is 18.2 Å². The minimum atomic E-state index is -0.224. The maximum Gasteiger partial charge on any atom is 0.262 e. The Morgan fingerprint density at radius 1 is 1.10 bits per heavy atom. The van der Waals surface area contributed by atoms with Crippen molar-refractivity contribution in [3.63, 3.8) is 0 Å². The Morgan fingerprint density at radius 3 is 2.76 bits per heavy atom. The van der Waals surface area contributed by atoms with Crippen LogP contribution in [0.4, 0.5) is 11.4 Å². The number of nitrogens with one attached hydrogen (secondary N) is 1. The lowest BCUT2D eigenvalue weighted by Crippen LogP contribution is -2.20. The lowest BCUT2D eigenvalue weighted by atomic mass is 10.1. The number of carbonyl (C=O) groups excluding carboxylic acids is 1. The minimum Gasteiger partial charge on any atom is -0.480 e. The van der Waals surface area contributed by atoms with E-state index in [0.717, 1.165) is 22.5 Å². The van der Waals surface area contributed by atoms with Crippen LogP contribution in [0.15, 0.2) is 67.0 Å². The van der Waals surface area contributed by atoms with Gasteiger partial charge in [0.1, 0.15) is 0 Å². The Bertz CT molecular complexity index is 1200. The molecule has 1 amide bonds. The van der Waals surface area contributed by atoms with Crippen LogP contribution in [0.25, 0.3) is 16.9 Å². The smallest absolute Gasteiger partial charge is 0.262 e. The summed E-state index contributed by atoms with van der Waals surface area (Å²) in [5, 5.41) is 2.86. The van der Waals surface area contributed by atoms with Crippen LogP contribution in [-0.4, -0.2) is 21.9 Å². The van der Waals surface area contributed by atoms with E-state index in [1.807, 2.05) is 79.2 Å². The summed E-state index contributed by atoms with van der Waals surface area (Å²) in [6.45, 7) is 3.94. The summed E-state index contributed by atoms with van der Waals surface area (Å²) in [6, 6.07) is 17.0. The van der Waals surface area contributed by atoms with Crippen LogP contribution in [0.3, 0.4) is 0 Å². The number of nitrogens with two attached hydrogens (primary N) is 1. The van der Waals surface area contributed by atoms with E-state index in [1.54, 1.807) is 6.07 Å². The van der Waals surface area contributed by atoms with Gasteiger partial charge >= 0.3 is 0 Å². The number of aromatic nitrogens is 2. The standard InChI is InChI=1S/C23H22N4O2/c1-15-8-9-19(11-16(15)2)25-22(28)14-29-21-7-4-10-27-13-20(26-23(21)27)17-5-3-6-18(24)12-17/h3-13H,14,24H2,1-2H3,(H,25,28). The zero-order valence-corrected chi connectivity index (χ0v) is 16.3. The molecule has 4 aromatic rings. The Labute approximate surface area is 169 Å². The second-order valence-electron chi connectivity index (χ2n) is 6.99. The number of hydrogen-bond acceptors (Lipinski definition) is 4. The number of nitrogen functional groups attached to an aromatic ring is 1. The summed E-state index contributed by atoms with van der Waals surface area (Å²) in [4.78, 5) is 17.0. The molecule has 0 bridgehead atoms. The summed E-state index contributed by atoms with van der Waals surface area (Å²) >= 11 is 0. The van der Waals surface area contributed by atoms with Crippen LogP contribution in [-0.2, 0) is 4.79 Å². The molecule has 4 rings (SSSR count). The van der Waals surface area contributed by atoms with E-state index in [1.165, 1.54) is 5.56 Å². The third-order valence-electron chi connectivity index (χ3n) is 4.78. The number of anilines is 2. The maximum absolute atomic E-state index is 12.3. The molecule has 0 unspecified atom stereocenters. The first-order valence-corrected chi connectivity index (χ1v) is 9.33. The lowest BCUT2D eigenvalue weighted by molar-refractivity contribution is -0.118. The largest absolute Gasteiger partial charge is 0.480 e. The van der Waals surface area contributed by atoms with Gasteiger partial charge in [0.25, 0.3) is 5.91 Å². The van der Waals surface area contributed by atoms with Crippen LogP contribution in [0, 0.1) is 13.8 Å². The van der Waals surface area contributed by atoms with Crippen molar-refractivity contribution >= 4 is 22.9 Å². The van der Waals surface area contributed by atoms with Crippen molar-refractivity contribution in [2.24, 2.45) is 0 Å². The Balaban J connectivity index is 1.50. The van der Waals surface area contributed by atoms with E-state index in [9.17, 15) is 4.79 Å². The van der Waals surface area contributed by atoms with Crippen LogP contribution < -0.4 is 15.8 Å². The molecular weight excluding hydrogens is 364 g/mol. The van der Waals surface area contributed by atoms with E-state index in [-0.39, 0.29) is 12.5 Å². The van der Waals surface area contributed by atoms with E-state index < -0.39 is 0 Å². The highest BCUT2D eigenvalue weighted by molar-refractivity contribution is 5.92. The molecule has 146 valence electrons.